The average Bonchev–Trinajstić information content (AvgIpc) is 3.43. The number of ether oxygens (including phenoxy) is 4. The highest BCUT2D eigenvalue weighted by Gasteiger charge is 2.23. The Kier molecular flexibility index (Phi) is 19.7. The Morgan fingerprint density at radius 1 is 0.720 bits per heavy atom. The SMILES string of the molecule is CCCCCc1cc2c(CCCCCNC(=O)CCOCCOCCOCCOCCNC(=O)CCN3C(=O)C=CC3=O)cccc2nc1N. The zero-order valence-electron chi connectivity index (χ0n) is 29.6. The maximum Gasteiger partial charge on any atom is 0.253 e. The number of carbonyl (C=O) groups excluding carboxylic acids is 4. The molecule has 0 fully saturated rings. The number of benzene rings is 1. The summed E-state index contributed by atoms with van der Waals surface area (Å²) < 4.78 is 21.8. The van der Waals surface area contributed by atoms with E-state index >= 15 is 0 Å². The van der Waals surface area contributed by atoms with Crippen LogP contribution >= 0.6 is 0 Å². The molecule has 13 heteroatoms. The third-order valence-electron chi connectivity index (χ3n) is 8.18. The van der Waals surface area contributed by atoms with E-state index in [-0.39, 0.29) is 24.8 Å². The van der Waals surface area contributed by atoms with Crippen LogP contribution < -0.4 is 16.4 Å². The number of carbonyl (C=O) groups is 4. The summed E-state index contributed by atoms with van der Waals surface area (Å²) in [5, 5.41) is 6.85. The topological polar surface area (TPSA) is 171 Å². The number of nitrogens with one attached hydrogen (secondary N) is 2. The first kappa shape index (κ1) is 40.5. The van der Waals surface area contributed by atoms with Gasteiger partial charge < -0.3 is 35.3 Å². The molecule has 4 amide bonds. The Bertz CT molecular complexity index is 1370. The van der Waals surface area contributed by atoms with Crippen molar-refractivity contribution >= 4 is 40.3 Å². The number of nitrogen functional groups attached to an aromatic ring is 1. The summed E-state index contributed by atoms with van der Waals surface area (Å²) in [6.07, 6.45) is 11.2. The molecule has 0 bridgehead atoms. The quantitative estimate of drug-likeness (QED) is 0.0886. The van der Waals surface area contributed by atoms with Gasteiger partial charge in [0.05, 0.1) is 58.4 Å². The standard InChI is InChI=1S/C37H55N5O8/c1-2-3-5-10-30-28-31-29(11-8-12-32(31)41-37(30)38)9-6-4-7-17-39-34(44)16-20-47-22-24-49-26-27-50-25-23-48-21-18-40-33(43)15-19-42-35(45)13-14-36(42)46/h8,11-14,28H,2-7,9-10,15-27H2,1H3,(H2,38,41)(H,39,44)(H,40,43). The van der Waals surface area contributed by atoms with Crippen LogP contribution in [-0.2, 0) is 51.0 Å². The van der Waals surface area contributed by atoms with E-state index in [0.29, 0.717) is 78.2 Å². The van der Waals surface area contributed by atoms with Crippen LogP contribution in [0.3, 0.4) is 0 Å². The van der Waals surface area contributed by atoms with Gasteiger partial charge in [0, 0.05) is 50.0 Å². The van der Waals surface area contributed by atoms with Gasteiger partial charge in [0.1, 0.15) is 5.82 Å². The summed E-state index contributed by atoms with van der Waals surface area (Å²) in [5.74, 6) is -0.419. The van der Waals surface area contributed by atoms with Crippen LogP contribution in [0.4, 0.5) is 5.82 Å². The minimum absolute atomic E-state index is 0.0112. The number of fused-ring (bicyclic) bond motifs is 1. The predicted molar refractivity (Wildman–Crippen MR) is 191 cm³/mol. The van der Waals surface area contributed by atoms with E-state index in [0.717, 1.165) is 54.5 Å². The van der Waals surface area contributed by atoms with Gasteiger partial charge in [-0.1, -0.05) is 38.3 Å². The van der Waals surface area contributed by atoms with Crippen molar-refractivity contribution in [3.63, 3.8) is 0 Å². The number of anilines is 1. The predicted octanol–water partition coefficient (Wildman–Crippen LogP) is 3.27. The molecule has 0 aliphatic carbocycles. The molecule has 0 radical (unpaired) electrons. The number of rotatable bonds is 28. The molecule has 1 aliphatic rings. The summed E-state index contributed by atoms with van der Waals surface area (Å²) in [6.45, 7) is 6.34. The van der Waals surface area contributed by atoms with Crippen molar-refractivity contribution in [2.75, 3.05) is 78.2 Å². The van der Waals surface area contributed by atoms with E-state index in [4.69, 9.17) is 24.7 Å². The molecule has 2 heterocycles. The fourth-order valence-electron chi connectivity index (χ4n) is 5.37. The lowest BCUT2D eigenvalue weighted by Gasteiger charge is -2.13. The first-order valence-electron chi connectivity index (χ1n) is 17.9. The van der Waals surface area contributed by atoms with Crippen LogP contribution in [0.1, 0.15) is 69.4 Å². The molecule has 1 aromatic heterocycles. The second-order valence-corrected chi connectivity index (χ2v) is 12.1. The van der Waals surface area contributed by atoms with Crippen LogP contribution in [-0.4, -0.2) is 106 Å². The zero-order valence-corrected chi connectivity index (χ0v) is 29.6. The molecule has 4 N–H and O–H groups in total. The van der Waals surface area contributed by atoms with Gasteiger partial charge >= 0.3 is 0 Å². The van der Waals surface area contributed by atoms with Crippen molar-refractivity contribution in [2.24, 2.45) is 0 Å². The molecule has 13 nitrogen and oxygen atoms in total. The summed E-state index contributed by atoms with van der Waals surface area (Å²) in [6, 6.07) is 8.49. The number of pyridine rings is 1. The van der Waals surface area contributed by atoms with Gasteiger partial charge in [-0.05, 0) is 55.4 Å². The number of aromatic nitrogens is 1. The highest BCUT2D eigenvalue weighted by molar-refractivity contribution is 6.13. The second-order valence-electron chi connectivity index (χ2n) is 12.1. The van der Waals surface area contributed by atoms with Gasteiger partial charge in [-0.25, -0.2) is 4.98 Å². The normalized spacial score (nSPS) is 12.7. The number of hydrogen-bond donors (Lipinski definition) is 3. The molecule has 0 spiro atoms. The lowest BCUT2D eigenvalue weighted by molar-refractivity contribution is -0.137. The number of aryl methyl sites for hydroxylation is 2. The maximum absolute atomic E-state index is 12.1. The maximum atomic E-state index is 12.1. The van der Waals surface area contributed by atoms with Gasteiger partial charge in [0.25, 0.3) is 11.8 Å². The highest BCUT2D eigenvalue weighted by Crippen LogP contribution is 2.25. The van der Waals surface area contributed by atoms with Crippen LogP contribution in [0.25, 0.3) is 10.9 Å². The summed E-state index contributed by atoms with van der Waals surface area (Å²) >= 11 is 0. The molecule has 50 heavy (non-hydrogen) atoms. The Balaban J connectivity index is 1.07. The largest absolute Gasteiger partial charge is 0.383 e. The molecule has 3 rings (SSSR count). The van der Waals surface area contributed by atoms with Crippen LogP contribution in [0.2, 0.25) is 0 Å². The van der Waals surface area contributed by atoms with E-state index in [1.165, 1.54) is 35.9 Å². The number of imide groups is 1. The smallest absolute Gasteiger partial charge is 0.253 e. The van der Waals surface area contributed by atoms with Gasteiger partial charge in [-0.3, -0.25) is 24.1 Å². The first-order chi connectivity index (χ1) is 24.4. The molecule has 1 aromatic carbocycles. The summed E-state index contributed by atoms with van der Waals surface area (Å²) in [5.41, 5.74) is 9.63. The van der Waals surface area contributed by atoms with Gasteiger partial charge in [0.15, 0.2) is 0 Å². The molecule has 0 atom stereocenters. The minimum atomic E-state index is -0.398. The van der Waals surface area contributed by atoms with E-state index < -0.39 is 11.8 Å². The number of amides is 4. The summed E-state index contributed by atoms with van der Waals surface area (Å²) in [7, 11) is 0. The van der Waals surface area contributed by atoms with Crippen molar-refractivity contribution < 1.29 is 38.1 Å². The minimum Gasteiger partial charge on any atom is -0.383 e. The number of hydrogen-bond acceptors (Lipinski definition) is 10. The van der Waals surface area contributed by atoms with Crippen LogP contribution in [0.5, 0.6) is 0 Å². The molecule has 1 aliphatic heterocycles. The Morgan fingerprint density at radius 2 is 1.32 bits per heavy atom. The number of nitrogens with zero attached hydrogens (tertiary/aromatic N) is 2. The van der Waals surface area contributed by atoms with Crippen molar-refractivity contribution in [2.45, 2.75) is 71.1 Å². The fraction of sp³-hybridized carbons (Fsp3) is 0.595. The van der Waals surface area contributed by atoms with Crippen molar-refractivity contribution in [1.29, 1.82) is 0 Å². The highest BCUT2D eigenvalue weighted by atomic mass is 16.6. The Hall–Kier alpha value is -3.91. The first-order valence-corrected chi connectivity index (χ1v) is 17.9. The molecule has 0 saturated heterocycles. The van der Waals surface area contributed by atoms with E-state index in [2.05, 4.69) is 34.7 Å². The van der Waals surface area contributed by atoms with Gasteiger partial charge in [-0.15, -0.1) is 0 Å². The summed E-state index contributed by atoms with van der Waals surface area (Å²) in [4.78, 5) is 52.6. The van der Waals surface area contributed by atoms with E-state index in [1.807, 2.05) is 12.1 Å². The Morgan fingerprint density at radius 3 is 2.02 bits per heavy atom. The van der Waals surface area contributed by atoms with Gasteiger partial charge in [0.2, 0.25) is 11.8 Å². The third-order valence-corrected chi connectivity index (χ3v) is 8.18. The van der Waals surface area contributed by atoms with Gasteiger partial charge in [-0.2, -0.15) is 0 Å². The Labute approximate surface area is 295 Å². The van der Waals surface area contributed by atoms with E-state index in [1.54, 1.807) is 0 Å². The molecule has 276 valence electrons. The van der Waals surface area contributed by atoms with Crippen molar-refractivity contribution in [3.8, 4) is 0 Å². The van der Waals surface area contributed by atoms with Crippen LogP contribution in [0.15, 0.2) is 36.4 Å². The zero-order chi connectivity index (χ0) is 35.8. The number of unbranched alkanes of at least 4 members (excludes halogenated alkanes) is 4. The van der Waals surface area contributed by atoms with Crippen molar-refractivity contribution in [3.05, 3.63) is 47.5 Å². The molecular formula is C37H55N5O8. The van der Waals surface area contributed by atoms with Crippen molar-refractivity contribution in [1.82, 2.24) is 20.5 Å². The molecule has 0 saturated carbocycles. The lowest BCUT2D eigenvalue weighted by Crippen LogP contribution is -2.35. The molecule has 0 unspecified atom stereocenters. The molecule has 2 aromatic rings. The fourth-order valence-corrected chi connectivity index (χ4v) is 5.37. The third kappa shape index (κ3) is 15.8. The van der Waals surface area contributed by atoms with E-state index in [9.17, 15) is 19.2 Å². The molecular weight excluding hydrogens is 642 g/mol. The number of nitrogens with two attached hydrogens (primary N) is 1. The second kappa shape index (κ2) is 24.3. The monoisotopic (exact) mass is 697 g/mol. The average molecular weight is 698 g/mol. The lowest BCUT2D eigenvalue weighted by atomic mass is 9.99. The van der Waals surface area contributed by atoms with Crippen LogP contribution in [0, 0.1) is 0 Å².